The molecule has 2 aromatic rings. The molecule has 0 aliphatic carbocycles. The van der Waals surface area contributed by atoms with Crippen molar-refractivity contribution in [2.45, 2.75) is 25.6 Å². The van der Waals surface area contributed by atoms with Gasteiger partial charge >= 0.3 is 0 Å². The summed E-state index contributed by atoms with van der Waals surface area (Å²) >= 11 is 0. The van der Waals surface area contributed by atoms with Crippen LogP contribution in [0.4, 0.5) is 0 Å². The highest BCUT2D eigenvalue weighted by Crippen LogP contribution is 2.24. The van der Waals surface area contributed by atoms with Crippen LogP contribution in [0.3, 0.4) is 0 Å². The zero-order valence-corrected chi connectivity index (χ0v) is 13.1. The molecule has 4 nitrogen and oxygen atoms in total. The average Bonchev–Trinajstić information content (AvgIpc) is 3.09. The van der Waals surface area contributed by atoms with Gasteiger partial charge in [0.2, 0.25) is 0 Å². The van der Waals surface area contributed by atoms with E-state index in [0.29, 0.717) is 19.8 Å². The van der Waals surface area contributed by atoms with Crippen molar-refractivity contribution in [2.24, 2.45) is 0 Å². The molecule has 23 heavy (non-hydrogen) atoms. The highest BCUT2D eigenvalue weighted by atomic mass is 16.7. The van der Waals surface area contributed by atoms with Crippen LogP contribution in [0.5, 0.6) is 11.5 Å². The number of aromatic hydroxyl groups is 1. The van der Waals surface area contributed by atoms with E-state index in [1.165, 1.54) is 0 Å². The fraction of sp³-hybridized carbons (Fsp3) is 0.368. The summed E-state index contributed by atoms with van der Waals surface area (Å²) < 4.78 is 16.6. The normalized spacial score (nSPS) is 15.0. The Labute approximate surface area is 136 Å². The van der Waals surface area contributed by atoms with Gasteiger partial charge in [0.1, 0.15) is 11.5 Å². The topological polar surface area (TPSA) is 47.9 Å². The van der Waals surface area contributed by atoms with Crippen LogP contribution < -0.4 is 4.74 Å². The quantitative estimate of drug-likeness (QED) is 0.785. The Morgan fingerprint density at radius 2 is 1.48 bits per heavy atom. The number of phenolic OH excluding ortho intramolecular Hbond substituents is 1. The van der Waals surface area contributed by atoms with E-state index in [2.05, 4.69) is 0 Å². The Morgan fingerprint density at radius 3 is 2.13 bits per heavy atom. The van der Waals surface area contributed by atoms with Gasteiger partial charge in [-0.3, -0.25) is 0 Å². The molecule has 0 spiro atoms. The zero-order chi connectivity index (χ0) is 15.9. The second kappa shape index (κ2) is 7.99. The highest BCUT2D eigenvalue weighted by molar-refractivity contribution is 5.64. The van der Waals surface area contributed by atoms with Crippen molar-refractivity contribution >= 4 is 0 Å². The van der Waals surface area contributed by atoms with E-state index in [9.17, 15) is 5.11 Å². The summed E-state index contributed by atoms with van der Waals surface area (Å²) in [5, 5.41) is 9.32. The van der Waals surface area contributed by atoms with Crippen molar-refractivity contribution in [2.75, 3.05) is 19.8 Å². The molecule has 0 atom stereocenters. The molecule has 1 aliphatic rings. The van der Waals surface area contributed by atoms with E-state index in [-0.39, 0.29) is 12.0 Å². The number of rotatable bonds is 7. The number of phenols is 1. The van der Waals surface area contributed by atoms with Gasteiger partial charge in [-0.1, -0.05) is 24.3 Å². The highest BCUT2D eigenvalue weighted by Gasteiger charge is 2.14. The molecule has 1 saturated heterocycles. The molecule has 122 valence electrons. The standard InChI is InChI=1S/C19H22O4/c20-17-8-4-15(5-9-17)16-6-10-18(11-7-16)21-12-2-1-3-19-22-13-14-23-19/h4-11,19-20H,1-3,12-14H2. The van der Waals surface area contributed by atoms with Crippen LogP contribution >= 0.6 is 0 Å². The van der Waals surface area contributed by atoms with Gasteiger partial charge < -0.3 is 19.3 Å². The van der Waals surface area contributed by atoms with E-state index >= 15 is 0 Å². The Kier molecular flexibility index (Phi) is 5.51. The first-order valence-corrected chi connectivity index (χ1v) is 8.07. The monoisotopic (exact) mass is 314 g/mol. The third-order valence-electron chi connectivity index (χ3n) is 3.85. The molecule has 1 fully saturated rings. The van der Waals surface area contributed by atoms with Crippen molar-refractivity contribution in [1.29, 1.82) is 0 Å². The van der Waals surface area contributed by atoms with E-state index in [1.54, 1.807) is 12.1 Å². The molecule has 0 radical (unpaired) electrons. The average molecular weight is 314 g/mol. The minimum absolute atomic E-state index is 0.0143. The number of benzene rings is 2. The smallest absolute Gasteiger partial charge is 0.157 e. The van der Waals surface area contributed by atoms with E-state index in [4.69, 9.17) is 14.2 Å². The second-order valence-electron chi connectivity index (χ2n) is 5.59. The lowest BCUT2D eigenvalue weighted by atomic mass is 10.1. The SMILES string of the molecule is Oc1ccc(-c2ccc(OCCCCC3OCCO3)cc2)cc1. The van der Waals surface area contributed by atoms with Gasteiger partial charge in [-0.25, -0.2) is 0 Å². The van der Waals surface area contributed by atoms with Crippen LogP contribution in [0.2, 0.25) is 0 Å². The maximum atomic E-state index is 9.32. The fourth-order valence-electron chi connectivity index (χ4n) is 2.57. The first kappa shape index (κ1) is 15.8. The fourth-order valence-corrected chi connectivity index (χ4v) is 2.57. The molecule has 0 saturated carbocycles. The summed E-state index contributed by atoms with van der Waals surface area (Å²) in [7, 11) is 0. The molecule has 1 aliphatic heterocycles. The van der Waals surface area contributed by atoms with Gasteiger partial charge in [-0.15, -0.1) is 0 Å². The molecule has 0 bridgehead atoms. The molecular formula is C19H22O4. The summed E-state index contributed by atoms with van der Waals surface area (Å²) in [6.07, 6.45) is 2.95. The lowest BCUT2D eigenvalue weighted by Crippen LogP contribution is -2.08. The lowest BCUT2D eigenvalue weighted by Gasteiger charge is -2.10. The van der Waals surface area contributed by atoms with Crippen molar-refractivity contribution in [1.82, 2.24) is 0 Å². The number of unbranched alkanes of at least 4 members (excludes halogenated alkanes) is 1. The molecule has 0 amide bonds. The molecule has 1 heterocycles. The van der Waals surface area contributed by atoms with Crippen LogP contribution in [0.15, 0.2) is 48.5 Å². The van der Waals surface area contributed by atoms with Crippen molar-refractivity contribution in [3.05, 3.63) is 48.5 Å². The minimum Gasteiger partial charge on any atom is -0.508 e. The zero-order valence-electron chi connectivity index (χ0n) is 13.1. The van der Waals surface area contributed by atoms with Crippen molar-refractivity contribution in [3.8, 4) is 22.6 Å². The van der Waals surface area contributed by atoms with E-state index < -0.39 is 0 Å². The molecule has 1 N–H and O–H groups in total. The third-order valence-corrected chi connectivity index (χ3v) is 3.85. The van der Waals surface area contributed by atoms with Gasteiger partial charge in [0, 0.05) is 0 Å². The first-order valence-electron chi connectivity index (χ1n) is 8.07. The lowest BCUT2D eigenvalue weighted by molar-refractivity contribution is -0.0482. The van der Waals surface area contributed by atoms with Crippen molar-refractivity contribution < 1.29 is 19.3 Å². The maximum absolute atomic E-state index is 9.32. The Morgan fingerprint density at radius 1 is 0.870 bits per heavy atom. The Bertz CT molecular complexity index is 586. The summed E-state index contributed by atoms with van der Waals surface area (Å²) in [5.41, 5.74) is 2.18. The summed E-state index contributed by atoms with van der Waals surface area (Å²) in [5.74, 6) is 1.16. The predicted octanol–water partition coefficient (Wildman–Crippen LogP) is 3.98. The van der Waals surface area contributed by atoms with Crippen molar-refractivity contribution in [3.63, 3.8) is 0 Å². The van der Waals surface area contributed by atoms with Crippen LogP contribution in [0, 0.1) is 0 Å². The molecule has 4 heteroatoms. The summed E-state index contributed by atoms with van der Waals surface area (Å²) in [6, 6.07) is 15.2. The second-order valence-corrected chi connectivity index (χ2v) is 5.59. The first-order chi connectivity index (χ1) is 11.3. The molecule has 2 aromatic carbocycles. The van der Waals surface area contributed by atoms with Gasteiger partial charge in [0.05, 0.1) is 19.8 Å². The van der Waals surface area contributed by atoms with E-state index in [1.807, 2.05) is 36.4 Å². The maximum Gasteiger partial charge on any atom is 0.157 e. The van der Waals surface area contributed by atoms with Crippen LogP contribution in [0.1, 0.15) is 19.3 Å². The third kappa shape index (κ3) is 4.71. The van der Waals surface area contributed by atoms with Gasteiger partial charge in [0.15, 0.2) is 6.29 Å². The molecular weight excluding hydrogens is 292 g/mol. The molecule has 0 aromatic heterocycles. The minimum atomic E-state index is -0.0143. The van der Waals surface area contributed by atoms with Crippen LogP contribution in [0.25, 0.3) is 11.1 Å². The Hall–Kier alpha value is -2.04. The van der Waals surface area contributed by atoms with Crippen LogP contribution in [-0.4, -0.2) is 31.2 Å². The Balaban J connectivity index is 1.41. The number of hydrogen-bond acceptors (Lipinski definition) is 4. The van der Waals surface area contributed by atoms with Gasteiger partial charge in [0.25, 0.3) is 0 Å². The number of hydrogen-bond donors (Lipinski definition) is 1. The summed E-state index contributed by atoms with van der Waals surface area (Å²) in [4.78, 5) is 0. The largest absolute Gasteiger partial charge is 0.508 e. The molecule has 3 rings (SSSR count). The molecule has 0 unspecified atom stereocenters. The van der Waals surface area contributed by atoms with Gasteiger partial charge in [-0.05, 0) is 54.7 Å². The van der Waals surface area contributed by atoms with Gasteiger partial charge in [-0.2, -0.15) is 0 Å². The number of ether oxygens (including phenoxy) is 3. The predicted molar refractivity (Wildman–Crippen MR) is 88.6 cm³/mol. The summed E-state index contributed by atoms with van der Waals surface area (Å²) in [6.45, 7) is 2.13. The van der Waals surface area contributed by atoms with E-state index in [0.717, 1.165) is 36.1 Å². The van der Waals surface area contributed by atoms with Crippen LogP contribution in [-0.2, 0) is 9.47 Å².